The second-order valence-corrected chi connectivity index (χ2v) is 8.18. The first-order valence-corrected chi connectivity index (χ1v) is 11.1. The van der Waals surface area contributed by atoms with Crippen molar-refractivity contribution in [3.05, 3.63) is 59.8 Å². The van der Waals surface area contributed by atoms with E-state index in [0.717, 1.165) is 18.8 Å². The second kappa shape index (κ2) is 8.67. The van der Waals surface area contributed by atoms with Crippen molar-refractivity contribution in [3.63, 3.8) is 0 Å². The summed E-state index contributed by atoms with van der Waals surface area (Å²) in [5, 5.41) is 0. The Morgan fingerprint density at radius 1 is 0.781 bits per heavy atom. The van der Waals surface area contributed by atoms with Gasteiger partial charge < -0.3 is 19.3 Å². The van der Waals surface area contributed by atoms with Gasteiger partial charge in [-0.15, -0.1) is 0 Å². The van der Waals surface area contributed by atoms with Crippen LogP contribution in [-0.2, 0) is 14.3 Å². The first-order chi connectivity index (χ1) is 15.7. The van der Waals surface area contributed by atoms with E-state index in [-0.39, 0.29) is 11.8 Å². The first kappa shape index (κ1) is 20.6. The van der Waals surface area contributed by atoms with Crippen LogP contribution in [0.15, 0.2) is 54.2 Å². The zero-order valence-electron chi connectivity index (χ0n) is 18.3. The molecule has 2 aromatic rings. The lowest BCUT2D eigenvalue weighted by Gasteiger charge is -2.29. The number of imide groups is 1. The third-order valence-electron chi connectivity index (χ3n) is 6.34. The Balaban J connectivity index is 1.54. The Morgan fingerprint density at radius 2 is 1.44 bits per heavy atom. The summed E-state index contributed by atoms with van der Waals surface area (Å²) in [5.74, 6) is -0.0534. The molecule has 0 aliphatic carbocycles. The summed E-state index contributed by atoms with van der Waals surface area (Å²) < 4.78 is 11.0. The molecule has 0 atom stereocenters. The zero-order chi connectivity index (χ0) is 22.1. The molecule has 0 radical (unpaired) electrons. The smallest absolute Gasteiger partial charge is 0.282 e. The number of amides is 2. The van der Waals surface area contributed by atoms with Crippen molar-refractivity contribution in [2.75, 3.05) is 56.3 Å². The molecule has 0 aromatic heterocycles. The maximum Gasteiger partial charge on any atom is 0.282 e. The zero-order valence-corrected chi connectivity index (χ0v) is 18.3. The van der Waals surface area contributed by atoms with Crippen molar-refractivity contribution in [1.82, 2.24) is 4.90 Å². The highest BCUT2D eigenvalue weighted by molar-refractivity contribution is 6.45. The van der Waals surface area contributed by atoms with E-state index in [1.807, 2.05) is 53.4 Å². The van der Waals surface area contributed by atoms with Crippen LogP contribution in [-0.4, -0.2) is 63.2 Å². The third kappa shape index (κ3) is 3.52. The van der Waals surface area contributed by atoms with Gasteiger partial charge >= 0.3 is 0 Å². The van der Waals surface area contributed by atoms with E-state index in [9.17, 15) is 9.59 Å². The molecule has 0 bridgehead atoms. The van der Waals surface area contributed by atoms with E-state index in [1.165, 1.54) is 17.7 Å². The predicted molar refractivity (Wildman–Crippen MR) is 123 cm³/mol. The van der Waals surface area contributed by atoms with Gasteiger partial charge in [0, 0.05) is 37.4 Å². The molecule has 5 rings (SSSR count). The average molecular weight is 434 g/mol. The summed E-state index contributed by atoms with van der Waals surface area (Å²) in [4.78, 5) is 32.9. The Morgan fingerprint density at radius 3 is 2.12 bits per heavy atom. The van der Waals surface area contributed by atoms with Gasteiger partial charge in [-0.05, 0) is 43.2 Å². The number of carbonyl (C=O) groups is 2. The van der Waals surface area contributed by atoms with Crippen LogP contribution in [0.25, 0.3) is 5.57 Å². The number of carbonyl (C=O) groups excluding carboxylic acids is 2. The summed E-state index contributed by atoms with van der Waals surface area (Å²) in [5.41, 5.74) is 3.14. The van der Waals surface area contributed by atoms with Gasteiger partial charge in [0.1, 0.15) is 11.4 Å². The normalized spacial score (nSPS) is 19.3. The minimum Gasteiger partial charge on any atom is -0.496 e. The Hall–Kier alpha value is -3.32. The van der Waals surface area contributed by atoms with Crippen molar-refractivity contribution in [2.45, 2.75) is 12.8 Å². The number of benzene rings is 2. The highest BCUT2D eigenvalue weighted by Gasteiger charge is 2.43. The minimum atomic E-state index is -0.324. The van der Waals surface area contributed by atoms with Gasteiger partial charge in [0.25, 0.3) is 11.8 Å². The van der Waals surface area contributed by atoms with Crippen LogP contribution in [0.5, 0.6) is 5.75 Å². The molecule has 0 spiro atoms. The number of ether oxygens (including phenoxy) is 2. The summed E-state index contributed by atoms with van der Waals surface area (Å²) in [7, 11) is 1.57. The number of methoxy groups -OCH3 is 1. The van der Waals surface area contributed by atoms with E-state index in [4.69, 9.17) is 9.47 Å². The van der Waals surface area contributed by atoms with Gasteiger partial charge in [0.05, 0.1) is 31.6 Å². The fraction of sp³-hybridized carbons (Fsp3) is 0.360. The standard InChI is InChI=1S/C25H27N3O4/c1-31-21-7-3-2-6-20(21)22-23(27-14-16-32-17-15-27)25(30)28(24(22)29)19-10-8-18(9-11-19)26-12-4-5-13-26/h2-3,6-11H,4-5,12-17H2,1H3. The number of anilines is 2. The fourth-order valence-corrected chi connectivity index (χ4v) is 4.71. The lowest BCUT2D eigenvalue weighted by Crippen LogP contribution is -2.40. The van der Waals surface area contributed by atoms with E-state index in [1.54, 1.807) is 7.11 Å². The summed E-state index contributed by atoms with van der Waals surface area (Å²) in [6.07, 6.45) is 2.39. The van der Waals surface area contributed by atoms with Gasteiger partial charge in [-0.2, -0.15) is 0 Å². The first-order valence-electron chi connectivity index (χ1n) is 11.1. The van der Waals surface area contributed by atoms with Crippen LogP contribution in [0.1, 0.15) is 18.4 Å². The molecule has 2 aromatic carbocycles. The van der Waals surface area contributed by atoms with E-state index >= 15 is 0 Å². The quantitative estimate of drug-likeness (QED) is 0.676. The number of morpholine rings is 1. The van der Waals surface area contributed by atoms with Gasteiger partial charge in [0.15, 0.2) is 0 Å². The molecule has 3 aliphatic heterocycles. The van der Waals surface area contributed by atoms with Crippen LogP contribution < -0.4 is 14.5 Å². The molecule has 0 N–H and O–H groups in total. The second-order valence-electron chi connectivity index (χ2n) is 8.18. The summed E-state index contributed by atoms with van der Waals surface area (Å²) in [6.45, 7) is 4.26. The van der Waals surface area contributed by atoms with E-state index in [0.29, 0.717) is 54.6 Å². The largest absolute Gasteiger partial charge is 0.496 e. The van der Waals surface area contributed by atoms with Crippen LogP contribution >= 0.6 is 0 Å². The number of nitrogens with zero attached hydrogens (tertiary/aromatic N) is 3. The van der Waals surface area contributed by atoms with Crippen molar-refractivity contribution in [2.24, 2.45) is 0 Å². The maximum atomic E-state index is 13.7. The minimum absolute atomic E-state index is 0.299. The predicted octanol–water partition coefficient (Wildman–Crippen LogP) is 2.91. The molecular weight excluding hydrogens is 406 g/mol. The Bertz CT molecular complexity index is 1050. The average Bonchev–Trinajstić information content (AvgIpc) is 3.46. The van der Waals surface area contributed by atoms with Crippen molar-refractivity contribution < 1.29 is 19.1 Å². The van der Waals surface area contributed by atoms with Gasteiger partial charge in [0.2, 0.25) is 0 Å². The summed E-state index contributed by atoms with van der Waals surface area (Å²) in [6, 6.07) is 15.1. The van der Waals surface area contributed by atoms with Crippen molar-refractivity contribution >= 4 is 28.8 Å². The van der Waals surface area contributed by atoms with Crippen molar-refractivity contribution in [1.29, 1.82) is 0 Å². The highest BCUT2D eigenvalue weighted by atomic mass is 16.5. The number of rotatable bonds is 5. The molecule has 3 heterocycles. The van der Waals surface area contributed by atoms with Gasteiger partial charge in [-0.1, -0.05) is 18.2 Å². The van der Waals surface area contributed by atoms with Crippen LogP contribution in [0.3, 0.4) is 0 Å². The summed E-state index contributed by atoms with van der Waals surface area (Å²) >= 11 is 0. The number of para-hydroxylation sites is 1. The lowest BCUT2D eigenvalue weighted by atomic mass is 10.0. The number of hydrogen-bond acceptors (Lipinski definition) is 6. The Kier molecular flexibility index (Phi) is 5.57. The molecule has 0 saturated carbocycles. The molecule has 32 heavy (non-hydrogen) atoms. The molecule has 0 unspecified atom stereocenters. The van der Waals surface area contributed by atoms with E-state index in [2.05, 4.69) is 4.90 Å². The molecule has 7 heteroatoms. The van der Waals surface area contributed by atoms with Crippen LogP contribution in [0, 0.1) is 0 Å². The highest BCUT2D eigenvalue weighted by Crippen LogP contribution is 2.38. The van der Waals surface area contributed by atoms with Crippen molar-refractivity contribution in [3.8, 4) is 5.75 Å². The molecule has 166 valence electrons. The van der Waals surface area contributed by atoms with Gasteiger partial charge in [-0.3, -0.25) is 9.59 Å². The number of hydrogen-bond donors (Lipinski definition) is 0. The molecule has 3 aliphatic rings. The monoisotopic (exact) mass is 433 g/mol. The topological polar surface area (TPSA) is 62.3 Å². The maximum absolute atomic E-state index is 13.7. The molecule has 2 fully saturated rings. The molecule has 2 saturated heterocycles. The molecular formula is C25H27N3O4. The van der Waals surface area contributed by atoms with Gasteiger partial charge in [-0.25, -0.2) is 4.90 Å². The lowest BCUT2D eigenvalue weighted by molar-refractivity contribution is -0.121. The molecule has 7 nitrogen and oxygen atoms in total. The van der Waals surface area contributed by atoms with E-state index < -0.39 is 0 Å². The third-order valence-corrected chi connectivity index (χ3v) is 6.34. The SMILES string of the molecule is COc1ccccc1C1=C(N2CCOCC2)C(=O)N(c2ccc(N3CCCC3)cc2)C1=O. The Labute approximate surface area is 187 Å². The molecule has 2 amide bonds. The van der Waals surface area contributed by atoms with Crippen LogP contribution in [0.4, 0.5) is 11.4 Å². The fourth-order valence-electron chi connectivity index (χ4n) is 4.71. The van der Waals surface area contributed by atoms with Crippen LogP contribution in [0.2, 0.25) is 0 Å².